The van der Waals surface area contributed by atoms with Gasteiger partial charge in [-0.25, -0.2) is 0 Å². The molecule has 0 spiro atoms. The lowest BCUT2D eigenvalue weighted by Crippen LogP contribution is -2.34. The lowest BCUT2D eigenvalue weighted by Gasteiger charge is -2.25. The number of nitrogens with one attached hydrogen (secondary N) is 1. The van der Waals surface area contributed by atoms with E-state index in [2.05, 4.69) is 19.2 Å². The normalized spacial score (nSPS) is 14.1. The number of carbonyl (C=O) groups excluding carboxylic acids is 1. The van der Waals surface area contributed by atoms with Crippen LogP contribution in [0.5, 0.6) is 11.5 Å². The van der Waals surface area contributed by atoms with E-state index in [9.17, 15) is 4.79 Å². The summed E-state index contributed by atoms with van der Waals surface area (Å²) >= 11 is 6.10. The van der Waals surface area contributed by atoms with Gasteiger partial charge in [0.25, 0.3) is 0 Å². The van der Waals surface area contributed by atoms with Gasteiger partial charge in [-0.3, -0.25) is 4.79 Å². The van der Waals surface area contributed by atoms with Crippen molar-refractivity contribution < 1.29 is 19.0 Å². The quantitative estimate of drug-likeness (QED) is 0.773. The van der Waals surface area contributed by atoms with Crippen molar-refractivity contribution in [2.24, 2.45) is 5.92 Å². The van der Waals surface area contributed by atoms with Crippen LogP contribution in [0.3, 0.4) is 0 Å². The SMILES string of the molecule is CC(C)C(NC(=O)COCc1ccccc1Cl)c1ccc2c(c1)OCCO2. The third-order valence-corrected chi connectivity index (χ3v) is 4.73. The Labute approximate surface area is 164 Å². The smallest absolute Gasteiger partial charge is 0.246 e. The van der Waals surface area contributed by atoms with Crippen molar-refractivity contribution in [1.29, 1.82) is 0 Å². The number of carbonyl (C=O) groups is 1. The molecule has 0 radical (unpaired) electrons. The highest BCUT2D eigenvalue weighted by atomic mass is 35.5. The molecular formula is C21H24ClNO4. The Kier molecular flexibility index (Phi) is 6.58. The first-order chi connectivity index (χ1) is 13.0. The fraction of sp³-hybridized carbons (Fsp3) is 0.381. The highest BCUT2D eigenvalue weighted by Gasteiger charge is 2.21. The van der Waals surface area contributed by atoms with Crippen LogP contribution in [-0.4, -0.2) is 25.7 Å². The van der Waals surface area contributed by atoms with E-state index >= 15 is 0 Å². The van der Waals surface area contributed by atoms with Crippen LogP contribution in [0.25, 0.3) is 0 Å². The Balaban J connectivity index is 1.59. The minimum absolute atomic E-state index is 0.0288. The second-order valence-corrected chi connectivity index (χ2v) is 7.18. The first-order valence-corrected chi connectivity index (χ1v) is 9.42. The molecule has 144 valence electrons. The van der Waals surface area contributed by atoms with E-state index < -0.39 is 0 Å². The monoisotopic (exact) mass is 389 g/mol. The maximum atomic E-state index is 12.4. The predicted octanol–water partition coefficient (Wildman–Crippen LogP) is 4.14. The molecule has 6 heteroatoms. The van der Waals surface area contributed by atoms with Crippen molar-refractivity contribution in [3.05, 3.63) is 58.6 Å². The van der Waals surface area contributed by atoms with Crippen molar-refractivity contribution >= 4 is 17.5 Å². The lowest BCUT2D eigenvalue weighted by atomic mass is 9.95. The van der Waals surface area contributed by atoms with Crippen LogP contribution < -0.4 is 14.8 Å². The molecule has 5 nitrogen and oxygen atoms in total. The molecule has 2 aromatic carbocycles. The van der Waals surface area contributed by atoms with Gasteiger partial charge in [0.15, 0.2) is 11.5 Å². The highest BCUT2D eigenvalue weighted by Crippen LogP contribution is 2.34. The molecular weight excluding hydrogens is 366 g/mol. The van der Waals surface area contributed by atoms with Gasteiger partial charge in [0.05, 0.1) is 12.6 Å². The van der Waals surface area contributed by atoms with Gasteiger partial charge in [-0.05, 0) is 35.2 Å². The fourth-order valence-corrected chi connectivity index (χ4v) is 3.16. The Hall–Kier alpha value is -2.24. The summed E-state index contributed by atoms with van der Waals surface area (Å²) in [5, 5.41) is 3.68. The summed E-state index contributed by atoms with van der Waals surface area (Å²) in [7, 11) is 0. The summed E-state index contributed by atoms with van der Waals surface area (Å²) in [5.74, 6) is 1.49. The van der Waals surface area contributed by atoms with E-state index in [1.165, 1.54) is 0 Å². The largest absolute Gasteiger partial charge is 0.486 e. The number of hydrogen-bond donors (Lipinski definition) is 1. The minimum Gasteiger partial charge on any atom is -0.486 e. The molecule has 0 fully saturated rings. The van der Waals surface area contributed by atoms with Gasteiger partial charge in [0.1, 0.15) is 19.8 Å². The maximum Gasteiger partial charge on any atom is 0.246 e. The molecule has 0 saturated heterocycles. The zero-order chi connectivity index (χ0) is 19.2. The number of rotatable bonds is 7. The molecule has 1 aliphatic rings. The highest BCUT2D eigenvalue weighted by molar-refractivity contribution is 6.31. The average Bonchev–Trinajstić information content (AvgIpc) is 2.67. The predicted molar refractivity (Wildman–Crippen MR) is 104 cm³/mol. The minimum atomic E-state index is -0.171. The molecule has 0 aromatic heterocycles. The van der Waals surface area contributed by atoms with Gasteiger partial charge in [-0.2, -0.15) is 0 Å². The Morgan fingerprint density at radius 3 is 2.63 bits per heavy atom. The van der Waals surface area contributed by atoms with E-state index in [4.69, 9.17) is 25.8 Å². The summed E-state index contributed by atoms with van der Waals surface area (Å²) in [6.07, 6.45) is 0. The molecule has 2 aromatic rings. The number of halogens is 1. The maximum absolute atomic E-state index is 12.4. The summed E-state index contributed by atoms with van der Waals surface area (Å²) in [5.41, 5.74) is 1.84. The van der Waals surface area contributed by atoms with Crippen LogP contribution >= 0.6 is 11.6 Å². The molecule has 3 rings (SSSR count). The first kappa shape index (κ1) is 19.5. The summed E-state index contributed by atoms with van der Waals surface area (Å²) in [4.78, 5) is 12.4. The molecule has 0 saturated carbocycles. The van der Waals surface area contributed by atoms with Gasteiger partial charge in [-0.1, -0.05) is 49.7 Å². The van der Waals surface area contributed by atoms with Crippen LogP contribution in [0, 0.1) is 5.92 Å². The van der Waals surface area contributed by atoms with E-state index in [0.717, 1.165) is 16.9 Å². The standard InChI is InChI=1S/C21H24ClNO4/c1-14(2)21(15-7-8-18-19(11-15)27-10-9-26-18)23-20(24)13-25-12-16-5-3-4-6-17(16)22/h3-8,11,14,21H,9-10,12-13H2,1-2H3,(H,23,24). The number of ether oxygens (including phenoxy) is 3. The molecule has 27 heavy (non-hydrogen) atoms. The Morgan fingerprint density at radius 1 is 1.15 bits per heavy atom. The summed E-state index contributed by atoms with van der Waals surface area (Å²) < 4.78 is 16.7. The van der Waals surface area contributed by atoms with Crippen LogP contribution in [0.15, 0.2) is 42.5 Å². The van der Waals surface area contributed by atoms with E-state index in [1.807, 2.05) is 36.4 Å². The lowest BCUT2D eigenvalue weighted by molar-refractivity contribution is -0.127. The number of amides is 1. The van der Waals surface area contributed by atoms with Crippen molar-refractivity contribution in [2.45, 2.75) is 26.5 Å². The molecule has 1 unspecified atom stereocenters. The molecule has 0 aliphatic carbocycles. The number of hydrogen-bond acceptors (Lipinski definition) is 4. The third-order valence-electron chi connectivity index (χ3n) is 4.36. The topological polar surface area (TPSA) is 56.8 Å². The molecule has 1 atom stereocenters. The Morgan fingerprint density at radius 2 is 1.89 bits per heavy atom. The zero-order valence-electron chi connectivity index (χ0n) is 15.5. The fourth-order valence-electron chi connectivity index (χ4n) is 2.97. The first-order valence-electron chi connectivity index (χ1n) is 9.04. The molecule has 1 aliphatic heterocycles. The summed E-state index contributed by atoms with van der Waals surface area (Å²) in [6.45, 7) is 5.48. The second kappa shape index (κ2) is 9.11. The molecule has 0 bridgehead atoms. The van der Waals surface area contributed by atoms with Crippen LogP contribution in [0.2, 0.25) is 5.02 Å². The van der Waals surface area contributed by atoms with Crippen molar-refractivity contribution in [1.82, 2.24) is 5.32 Å². The van der Waals surface area contributed by atoms with Crippen LogP contribution in [-0.2, 0) is 16.1 Å². The van der Waals surface area contributed by atoms with E-state index in [0.29, 0.717) is 30.6 Å². The van der Waals surface area contributed by atoms with Crippen LogP contribution in [0.4, 0.5) is 0 Å². The zero-order valence-corrected chi connectivity index (χ0v) is 16.3. The second-order valence-electron chi connectivity index (χ2n) is 6.78. The van der Waals surface area contributed by atoms with Gasteiger partial charge >= 0.3 is 0 Å². The van der Waals surface area contributed by atoms with Gasteiger partial charge in [0.2, 0.25) is 5.91 Å². The summed E-state index contributed by atoms with van der Waals surface area (Å²) in [6, 6.07) is 13.1. The number of fused-ring (bicyclic) bond motifs is 1. The molecule has 1 amide bonds. The van der Waals surface area contributed by atoms with Gasteiger partial charge in [-0.15, -0.1) is 0 Å². The van der Waals surface area contributed by atoms with Crippen LogP contribution in [0.1, 0.15) is 31.0 Å². The van der Waals surface area contributed by atoms with Crippen molar-refractivity contribution in [3.8, 4) is 11.5 Å². The van der Waals surface area contributed by atoms with Crippen molar-refractivity contribution in [3.63, 3.8) is 0 Å². The van der Waals surface area contributed by atoms with Gasteiger partial charge < -0.3 is 19.5 Å². The third kappa shape index (κ3) is 5.15. The Bertz CT molecular complexity index is 794. The molecule has 1 N–H and O–H groups in total. The average molecular weight is 390 g/mol. The van der Waals surface area contributed by atoms with Crippen molar-refractivity contribution in [2.75, 3.05) is 19.8 Å². The van der Waals surface area contributed by atoms with E-state index in [1.54, 1.807) is 6.07 Å². The van der Waals surface area contributed by atoms with Gasteiger partial charge in [0, 0.05) is 5.02 Å². The van der Waals surface area contributed by atoms with E-state index in [-0.39, 0.29) is 24.5 Å². The number of benzene rings is 2. The molecule has 1 heterocycles.